The number of hydrogen-bond donors (Lipinski definition) is 0. The van der Waals surface area contributed by atoms with Gasteiger partial charge in [0.1, 0.15) is 0 Å². The molecule has 0 aliphatic rings. The molecule has 0 radical (unpaired) electrons. The Hall–Kier alpha value is -2.87. The Morgan fingerprint density at radius 3 is 2.36 bits per heavy atom. The van der Waals surface area contributed by atoms with Crippen molar-refractivity contribution in [3.05, 3.63) is 103 Å². The lowest BCUT2D eigenvalue weighted by atomic mass is 9.93. The van der Waals surface area contributed by atoms with Gasteiger partial charge in [-0.25, -0.2) is 4.98 Å². The van der Waals surface area contributed by atoms with Crippen molar-refractivity contribution in [1.29, 1.82) is 0 Å². The summed E-state index contributed by atoms with van der Waals surface area (Å²) in [7, 11) is 0. The molecule has 0 aliphatic carbocycles. The maximum Gasteiger partial charge on any atom is 0.0954 e. The van der Waals surface area contributed by atoms with E-state index in [0.717, 1.165) is 0 Å². The standard InChI is InChI=1S/C20H16N2/c1-2-8-17(9-3-1)20(22-14-13-21-15-22)19-12-6-10-16-7-4-5-11-18(16)19/h1-15,20H/t20-/m0/s1. The smallest absolute Gasteiger partial charge is 0.0954 e. The predicted molar refractivity (Wildman–Crippen MR) is 89.9 cm³/mol. The molecule has 0 unspecified atom stereocenters. The van der Waals surface area contributed by atoms with Gasteiger partial charge in [0.05, 0.1) is 12.4 Å². The summed E-state index contributed by atoms with van der Waals surface area (Å²) in [6, 6.07) is 25.7. The van der Waals surface area contributed by atoms with Gasteiger partial charge in [-0.05, 0) is 21.9 Å². The zero-order valence-corrected chi connectivity index (χ0v) is 12.1. The summed E-state index contributed by atoms with van der Waals surface area (Å²) in [5.41, 5.74) is 2.55. The molecule has 0 saturated heterocycles. The van der Waals surface area contributed by atoms with Crippen LogP contribution >= 0.6 is 0 Å². The SMILES string of the molecule is c1ccc([C@@H](c2cccc3ccccc23)n2ccnc2)cc1. The summed E-state index contributed by atoms with van der Waals surface area (Å²) < 4.78 is 2.16. The van der Waals surface area contributed by atoms with Crippen LogP contribution in [0.15, 0.2) is 91.5 Å². The molecule has 2 heteroatoms. The van der Waals surface area contributed by atoms with Crippen molar-refractivity contribution >= 4 is 10.8 Å². The maximum atomic E-state index is 4.24. The molecular formula is C20H16N2. The van der Waals surface area contributed by atoms with Gasteiger partial charge in [-0.3, -0.25) is 0 Å². The van der Waals surface area contributed by atoms with Crippen LogP contribution < -0.4 is 0 Å². The predicted octanol–water partition coefficient (Wildman–Crippen LogP) is 4.67. The third-order valence-electron chi connectivity index (χ3n) is 4.06. The van der Waals surface area contributed by atoms with Crippen molar-refractivity contribution in [2.24, 2.45) is 0 Å². The first kappa shape index (κ1) is 12.8. The van der Waals surface area contributed by atoms with Gasteiger partial charge in [0, 0.05) is 12.4 Å². The Balaban J connectivity index is 1.98. The Bertz CT molecular complexity index is 875. The number of benzene rings is 3. The molecule has 0 saturated carbocycles. The lowest BCUT2D eigenvalue weighted by molar-refractivity contribution is 0.681. The zero-order chi connectivity index (χ0) is 14.8. The van der Waals surface area contributed by atoms with E-state index in [-0.39, 0.29) is 6.04 Å². The van der Waals surface area contributed by atoms with Gasteiger partial charge in [0.2, 0.25) is 0 Å². The van der Waals surface area contributed by atoms with Crippen LogP contribution in [-0.4, -0.2) is 9.55 Å². The Morgan fingerprint density at radius 1 is 0.773 bits per heavy atom. The fourth-order valence-electron chi connectivity index (χ4n) is 3.06. The number of rotatable bonds is 3. The lowest BCUT2D eigenvalue weighted by Gasteiger charge is -2.21. The van der Waals surface area contributed by atoms with E-state index in [2.05, 4.69) is 82.3 Å². The van der Waals surface area contributed by atoms with E-state index in [1.54, 1.807) is 0 Å². The quantitative estimate of drug-likeness (QED) is 0.534. The number of imidazole rings is 1. The van der Waals surface area contributed by atoms with E-state index in [1.807, 2.05) is 18.7 Å². The van der Waals surface area contributed by atoms with Crippen LogP contribution in [-0.2, 0) is 0 Å². The summed E-state index contributed by atoms with van der Waals surface area (Å²) in [6.45, 7) is 0. The minimum atomic E-state index is 0.134. The largest absolute Gasteiger partial charge is 0.326 e. The second kappa shape index (κ2) is 5.49. The highest BCUT2D eigenvalue weighted by Gasteiger charge is 2.17. The van der Waals surface area contributed by atoms with Crippen molar-refractivity contribution in [3.8, 4) is 0 Å². The monoisotopic (exact) mass is 284 g/mol. The average molecular weight is 284 g/mol. The molecule has 0 amide bonds. The molecule has 1 aromatic heterocycles. The minimum absolute atomic E-state index is 0.134. The van der Waals surface area contributed by atoms with Crippen molar-refractivity contribution in [2.75, 3.05) is 0 Å². The molecule has 1 heterocycles. The van der Waals surface area contributed by atoms with Crippen molar-refractivity contribution in [1.82, 2.24) is 9.55 Å². The molecular weight excluding hydrogens is 268 g/mol. The topological polar surface area (TPSA) is 17.8 Å². The van der Waals surface area contributed by atoms with E-state index in [9.17, 15) is 0 Å². The third kappa shape index (κ3) is 2.19. The Labute approximate surface area is 129 Å². The summed E-state index contributed by atoms with van der Waals surface area (Å²) >= 11 is 0. The highest BCUT2D eigenvalue weighted by Crippen LogP contribution is 2.31. The Kier molecular flexibility index (Phi) is 3.20. The van der Waals surface area contributed by atoms with Crippen LogP contribution in [0.5, 0.6) is 0 Å². The first-order valence-corrected chi connectivity index (χ1v) is 7.43. The molecule has 3 aromatic carbocycles. The molecule has 0 N–H and O–H groups in total. The lowest BCUT2D eigenvalue weighted by Crippen LogP contribution is -2.11. The average Bonchev–Trinajstić information content (AvgIpc) is 3.11. The summed E-state index contributed by atoms with van der Waals surface area (Å²) in [4.78, 5) is 4.24. The fraction of sp³-hybridized carbons (Fsp3) is 0.0500. The fourth-order valence-corrected chi connectivity index (χ4v) is 3.06. The molecule has 106 valence electrons. The van der Waals surface area contributed by atoms with E-state index >= 15 is 0 Å². The summed E-state index contributed by atoms with van der Waals surface area (Å²) in [5, 5.41) is 2.55. The molecule has 22 heavy (non-hydrogen) atoms. The van der Waals surface area contributed by atoms with Crippen LogP contribution in [0.2, 0.25) is 0 Å². The molecule has 0 bridgehead atoms. The van der Waals surface area contributed by atoms with E-state index in [1.165, 1.54) is 21.9 Å². The van der Waals surface area contributed by atoms with Gasteiger partial charge in [-0.1, -0.05) is 72.8 Å². The normalized spacial score (nSPS) is 12.4. The van der Waals surface area contributed by atoms with Crippen LogP contribution in [0, 0.1) is 0 Å². The van der Waals surface area contributed by atoms with Gasteiger partial charge in [0.25, 0.3) is 0 Å². The van der Waals surface area contributed by atoms with E-state index in [4.69, 9.17) is 0 Å². The number of hydrogen-bond acceptors (Lipinski definition) is 1. The summed E-state index contributed by atoms with van der Waals surface area (Å²) in [5.74, 6) is 0. The number of aromatic nitrogens is 2. The van der Waals surface area contributed by atoms with Gasteiger partial charge in [-0.15, -0.1) is 0 Å². The van der Waals surface area contributed by atoms with Gasteiger partial charge in [0.15, 0.2) is 0 Å². The number of nitrogens with zero attached hydrogens (tertiary/aromatic N) is 2. The van der Waals surface area contributed by atoms with Crippen LogP contribution in [0.4, 0.5) is 0 Å². The van der Waals surface area contributed by atoms with Crippen LogP contribution in [0.3, 0.4) is 0 Å². The molecule has 2 nitrogen and oxygen atoms in total. The van der Waals surface area contributed by atoms with E-state index in [0.29, 0.717) is 0 Å². The first-order chi connectivity index (χ1) is 10.9. The minimum Gasteiger partial charge on any atom is -0.326 e. The molecule has 1 atom stereocenters. The maximum absolute atomic E-state index is 4.24. The van der Waals surface area contributed by atoms with Gasteiger partial charge < -0.3 is 4.57 Å². The van der Waals surface area contributed by atoms with Crippen molar-refractivity contribution < 1.29 is 0 Å². The van der Waals surface area contributed by atoms with Crippen molar-refractivity contribution in [2.45, 2.75) is 6.04 Å². The third-order valence-corrected chi connectivity index (χ3v) is 4.06. The van der Waals surface area contributed by atoms with Gasteiger partial charge >= 0.3 is 0 Å². The first-order valence-electron chi connectivity index (χ1n) is 7.43. The highest BCUT2D eigenvalue weighted by atomic mass is 15.1. The number of fused-ring (bicyclic) bond motifs is 1. The van der Waals surface area contributed by atoms with Crippen LogP contribution in [0.25, 0.3) is 10.8 Å². The molecule has 4 rings (SSSR count). The van der Waals surface area contributed by atoms with Gasteiger partial charge in [-0.2, -0.15) is 0 Å². The highest BCUT2D eigenvalue weighted by molar-refractivity contribution is 5.86. The van der Waals surface area contributed by atoms with E-state index < -0.39 is 0 Å². The van der Waals surface area contributed by atoms with Crippen molar-refractivity contribution in [3.63, 3.8) is 0 Å². The molecule has 4 aromatic rings. The second-order valence-electron chi connectivity index (χ2n) is 5.39. The molecule has 0 aliphatic heterocycles. The second-order valence-corrected chi connectivity index (χ2v) is 5.39. The molecule has 0 fully saturated rings. The van der Waals surface area contributed by atoms with Crippen LogP contribution in [0.1, 0.15) is 17.2 Å². The molecule has 0 spiro atoms. The Morgan fingerprint density at radius 2 is 1.55 bits per heavy atom. The summed E-state index contributed by atoms with van der Waals surface area (Å²) in [6.07, 6.45) is 5.75. The zero-order valence-electron chi connectivity index (χ0n) is 12.1.